The van der Waals surface area contributed by atoms with E-state index in [4.69, 9.17) is 5.73 Å². The number of benzene rings is 1. The lowest BCUT2D eigenvalue weighted by Gasteiger charge is -2.26. The summed E-state index contributed by atoms with van der Waals surface area (Å²) >= 11 is 0. The molecule has 0 bridgehead atoms. The van der Waals surface area contributed by atoms with Crippen molar-refractivity contribution < 1.29 is 0 Å². The number of rotatable bonds is 3. The molecule has 2 N–H and O–H groups in total. The van der Waals surface area contributed by atoms with Crippen LogP contribution >= 0.6 is 0 Å². The molecule has 0 aromatic heterocycles. The van der Waals surface area contributed by atoms with Crippen LogP contribution in [-0.2, 0) is 13.1 Å². The summed E-state index contributed by atoms with van der Waals surface area (Å²) in [5.74, 6) is 0. The molecule has 1 aromatic carbocycles. The van der Waals surface area contributed by atoms with Crippen LogP contribution in [0.1, 0.15) is 30.4 Å². The van der Waals surface area contributed by atoms with Crippen LogP contribution in [-0.4, -0.2) is 18.0 Å². The van der Waals surface area contributed by atoms with Gasteiger partial charge >= 0.3 is 0 Å². The Morgan fingerprint density at radius 1 is 1.07 bits per heavy atom. The molecule has 1 saturated heterocycles. The quantitative estimate of drug-likeness (QED) is 0.817. The van der Waals surface area contributed by atoms with Crippen LogP contribution in [0.5, 0.6) is 0 Å². The van der Waals surface area contributed by atoms with Crippen LogP contribution in [0.3, 0.4) is 0 Å². The highest BCUT2D eigenvalue weighted by atomic mass is 15.1. The summed E-state index contributed by atoms with van der Waals surface area (Å²) in [5.41, 5.74) is 8.28. The fourth-order valence-electron chi connectivity index (χ4n) is 2.23. The van der Waals surface area contributed by atoms with E-state index in [1.807, 2.05) is 0 Å². The van der Waals surface area contributed by atoms with Gasteiger partial charge in [0, 0.05) is 13.1 Å². The smallest absolute Gasteiger partial charge is 0.0233 e. The van der Waals surface area contributed by atoms with Gasteiger partial charge < -0.3 is 5.73 Å². The maximum Gasteiger partial charge on any atom is 0.0233 e. The molecule has 0 saturated carbocycles. The molecular weight excluding hydrogens is 184 g/mol. The molecule has 2 nitrogen and oxygen atoms in total. The van der Waals surface area contributed by atoms with Crippen molar-refractivity contribution in [2.24, 2.45) is 5.73 Å². The van der Waals surface area contributed by atoms with E-state index in [9.17, 15) is 0 Å². The molecule has 2 heteroatoms. The van der Waals surface area contributed by atoms with Crippen molar-refractivity contribution in [3.8, 4) is 0 Å². The van der Waals surface area contributed by atoms with Crippen LogP contribution in [0.25, 0.3) is 0 Å². The fourth-order valence-corrected chi connectivity index (χ4v) is 2.23. The molecular formula is C13H20N2. The standard InChI is InChI=1S/C13H20N2/c14-10-12-5-4-6-13(9-12)11-15-7-2-1-3-8-15/h4-6,9H,1-3,7-8,10-11,14H2. The lowest BCUT2D eigenvalue weighted by molar-refractivity contribution is 0.221. The average molecular weight is 204 g/mol. The van der Waals surface area contributed by atoms with Crippen molar-refractivity contribution in [3.05, 3.63) is 35.4 Å². The summed E-state index contributed by atoms with van der Waals surface area (Å²) in [6, 6.07) is 8.64. The third-order valence-corrected chi connectivity index (χ3v) is 3.08. The maximum absolute atomic E-state index is 5.64. The molecule has 0 unspecified atom stereocenters. The van der Waals surface area contributed by atoms with Gasteiger partial charge in [0.25, 0.3) is 0 Å². The average Bonchev–Trinajstić information content (AvgIpc) is 2.31. The van der Waals surface area contributed by atoms with Crippen molar-refractivity contribution in [1.29, 1.82) is 0 Å². The summed E-state index contributed by atoms with van der Waals surface area (Å²) in [6.07, 6.45) is 4.12. The van der Waals surface area contributed by atoms with Crippen LogP contribution in [0.4, 0.5) is 0 Å². The molecule has 1 aromatic rings. The van der Waals surface area contributed by atoms with Crippen molar-refractivity contribution in [2.45, 2.75) is 32.4 Å². The van der Waals surface area contributed by atoms with Gasteiger partial charge in [-0.05, 0) is 37.1 Å². The monoisotopic (exact) mass is 204 g/mol. The van der Waals surface area contributed by atoms with Gasteiger partial charge in [-0.2, -0.15) is 0 Å². The Balaban J connectivity index is 1.96. The van der Waals surface area contributed by atoms with Crippen LogP contribution in [0, 0.1) is 0 Å². The number of likely N-dealkylation sites (tertiary alicyclic amines) is 1. The van der Waals surface area contributed by atoms with Gasteiger partial charge in [0.1, 0.15) is 0 Å². The van der Waals surface area contributed by atoms with Crippen molar-refractivity contribution in [2.75, 3.05) is 13.1 Å². The minimum Gasteiger partial charge on any atom is -0.326 e. The summed E-state index contributed by atoms with van der Waals surface area (Å²) in [7, 11) is 0. The zero-order valence-corrected chi connectivity index (χ0v) is 9.28. The van der Waals surface area contributed by atoms with Crippen LogP contribution in [0.2, 0.25) is 0 Å². The normalized spacial score (nSPS) is 17.9. The molecule has 1 aliphatic rings. The van der Waals surface area contributed by atoms with Crippen molar-refractivity contribution in [3.63, 3.8) is 0 Å². The highest BCUT2D eigenvalue weighted by Gasteiger charge is 2.10. The van der Waals surface area contributed by atoms with Gasteiger partial charge in [-0.15, -0.1) is 0 Å². The molecule has 0 spiro atoms. The third kappa shape index (κ3) is 3.05. The Hall–Kier alpha value is -0.860. The number of hydrogen-bond donors (Lipinski definition) is 1. The topological polar surface area (TPSA) is 29.3 Å². The van der Waals surface area contributed by atoms with E-state index in [-0.39, 0.29) is 0 Å². The second-order valence-electron chi connectivity index (χ2n) is 4.36. The van der Waals surface area contributed by atoms with Crippen LogP contribution in [0.15, 0.2) is 24.3 Å². The van der Waals surface area contributed by atoms with E-state index in [0.29, 0.717) is 6.54 Å². The molecule has 0 atom stereocenters. The third-order valence-electron chi connectivity index (χ3n) is 3.08. The summed E-state index contributed by atoms with van der Waals surface area (Å²) in [4.78, 5) is 2.54. The molecule has 2 rings (SSSR count). The molecule has 0 amide bonds. The van der Waals surface area contributed by atoms with Gasteiger partial charge in [-0.1, -0.05) is 30.7 Å². The molecule has 0 aliphatic carbocycles. The second-order valence-corrected chi connectivity index (χ2v) is 4.36. The van der Waals surface area contributed by atoms with E-state index in [0.717, 1.165) is 6.54 Å². The lowest BCUT2D eigenvalue weighted by Crippen LogP contribution is -2.29. The Kier molecular flexibility index (Phi) is 3.75. The van der Waals surface area contributed by atoms with E-state index >= 15 is 0 Å². The number of hydrogen-bond acceptors (Lipinski definition) is 2. The molecule has 15 heavy (non-hydrogen) atoms. The van der Waals surface area contributed by atoms with Crippen molar-refractivity contribution >= 4 is 0 Å². The van der Waals surface area contributed by atoms with E-state index in [1.54, 1.807) is 0 Å². The first-order valence-electron chi connectivity index (χ1n) is 5.89. The predicted molar refractivity (Wildman–Crippen MR) is 63.5 cm³/mol. The van der Waals surface area contributed by atoms with Gasteiger partial charge in [-0.25, -0.2) is 0 Å². The SMILES string of the molecule is NCc1cccc(CN2CCCCC2)c1. The second kappa shape index (κ2) is 5.29. The number of nitrogens with zero attached hydrogens (tertiary/aromatic N) is 1. The highest BCUT2D eigenvalue weighted by molar-refractivity contribution is 5.23. The molecule has 82 valence electrons. The molecule has 1 fully saturated rings. The summed E-state index contributed by atoms with van der Waals surface area (Å²) < 4.78 is 0. The summed E-state index contributed by atoms with van der Waals surface area (Å²) in [5, 5.41) is 0. The minimum absolute atomic E-state index is 0.647. The predicted octanol–water partition coefficient (Wildman–Crippen LogP) is 2.13. The molecule has 1 heterocycles. The van der Waals surface area contributed by atoms with E-state index in [2.05, 4.69) is 29.2 Å². The van der Waals surface area contributed by atoms with E-state index in [1.165, 1.54) is 43.5 Å². The number of nitrogens with two attached hydrogens (primary N) is 1. The van der Waals surface area contributed by atoms with Crippen molar-refractivity contribution in [1.82, 2.24) is 4.90 Å². The largest absolute Gasteiger partial charge is 0.326 e. The van der Waals surface area contributed by atoms with Gasteiger partial charge in [0.15, 0.2) is 0 Å². The Morgan fingerprint density at radius 2 is 1.80 bits per heavy atom. The lowest BCUT2D eigenvalue weighted by atomic mass is 10.1. The first-order chi connectivity index (χ1) is 7.38. The van der Waals surface area contributed by atoms with E-state index < -0.39 is 0 Å². The zero-order chi connectivity index (χ0) is 10.5. The van der Waals surface area contributed by atoms with Gasteiger partial charge in [-0.3, -0.25) is 4.90 Å². The first kappa shape index (κ1) is 10.7. The Labute approximate surface area is 92.1 Å². The Bertz CT molecular complexity index is 303. The molecule has 1 aliphatic heterocycles. The highest BCUT2D eigenvalue weighted by Crippen LogP contribution is 2.13. The number of piperidine rings is 1. The minimum atomic E-state index is 0.647. The fraction of sp³-hybridized carbons (Fsp3) is 0.538. The van der Waals surface area contributed by atoms with Gasteiger partial charge in [0.2, 0.25) is 0 Å². The Morgan fingerprint density at radius 3 is 2.53 bits per heavy atom. The van der Waals surface area contributed by atoms with Crippen LogP contribution < -0.4 is 5.73 Å². The van der Waals surface area contributed by atoms with Gasteiger partial charge in [0.05, 0.1) is 0 Å². The molecule has 0 radical (unpaired) electrons. The summed E-state index contributed by atoms with van der Waals surface area (Å²) in [6.45, 7) is 4.25. The zero-order valence-electron chi connectivity index (χ0n) is 9.28. The maximum atomic E-state index is 5.64. The first-order valence-corrected chi connectivity index (χ1v) is 5.89.